The van der Waals surface area contributed by atoms with E-state index in [0.717, 1.165) is 5.92 Å². The first kappa shape index (κ1) is 18.3. The average molecular weight is 289 g/mol. The molecule has 0 radical (unpaired) electrons. The lowest BCUT2D eigenvalue weighted by molar-refractivity contribution is 0.493. The molecule has 1 aromatic carbocycles. The number of hydrogen-bond acceptors (Lipinski definition) is 0. The van der Waals surface area contributed by atoms with Crippen LogP contribution in [0.5, 0.6) is 0 Å². The van der Waals surface area contributed by atoms with Crippen LogP contribution in [0.25, 0.3) is 0 Å². The zero-order valence-corrected chi connectivity index (χ0v) is 14.4. The smallest absolute Gasteiger partial charge is 0.0162 e. The Bertz CT molecular complexity index is 314. The van der Waals surface area contributed by atoms with Gasteiger partial charge in [-0.05, 0) is 24.3 Å². The standard InChI is InChI=1S/C21H36/c1-3-5-7-8-9-10-13-17-20(16-12-6-4-2)21-18-14-11-15-19-21/h11,14-15,18-20H,3-10,12-13,16-17H2,1-2H3. The third-order valence-electron chi connectivity index (χ3n) is 4.58. The zero-order chi connectivity index (χ0) is 15.2. The molecule has 0 heterocycles. The fraction of sp³-hybridized carbons (Fsp3) is 0.714. The molecule has 21 heavy (non-hydrogen) atoms. The van der Waals surface area contributed by atoms with Gasteiger partial charge in [-0.3, -0.25) is 0 Å². The van der Waals surface area contributed by atoms with E-state index in [0.29, 0.717) is 0 Å². The van der Waals surface area contributed by atoms with Crippen molar-refractivity contribution >= 4 is 0 Å². The van der Waals surface area contributed by atoms with Crippen LogP contribution in [-0.2, 0) is 0 Å². The number of rotatable bonds is 13. The van der Waals surface area contributed by atoms with Gasteiger partial charge in [0, 0.05) is 0 Å². The van der Waals surface area contributed by atoms with E-state index in [-0.39, 0.29) is 0 Å². The number of unbranched alkanes of at least 4 members (excludes halogenated alkanes) is 8. The highest BCUT2D eigenvalue weighted by Crippen LogP contribution is 2.28. The number of benzene rings is 1. The minimum Gasteiger partial charge on any atom is -0.0654 e. The molecule has 0 bridgehead atoms. The van der Waals surface area contributed by atoms with Crippen LogP contribution >= 0.6 is 0 Å². The molecule has 1 atom stereocenters. The maximum atomic E-state index is 2.33. The van der Waals surface area contributed by atoms with Crippen molar-refractivity contribution in [3.8, 4) is 0 Å². The molecule has 0 spiro atoms. The summed E-state index contributed by atoms with van der Waals surface area (Å²) in [6, 6.07) is 11.2. The summed E-state index contributed by atoms with van der Waals surface area (Å²) in [6.45, 7) is 4.59. The molecule has 0 heteroatoms. The summed E-state index contributed by atoms with van der Waals surface area (Å²) in [5.74, 6) is 0.799. The van der Waals surface area contributed by atoms with Gasteiger partial charge in [-0.15, -0.1) is 0 Å². The van der Waals surface area contributed by atoms with Crippen molar-refractivity contribution in [3.63, 3.8) is 0 Å². The molecule has 0 amide bonds. The van der Waals surface area contributed by atoms with Gasteiger partial charge in [-0.2, -0.15) is 0 Å². The highest BCUT2D eigenvalue weighted by atomic mass is 14.2. The van der Waals surface area contributed by atoms with E-state index < -0.39 is 0 Å². The first-order valence-electron chi connectivity index (χ1n) is 9.43. The van der Waals surface area contributed by atoms with Crippen molar-refractivity contribution in [3.05, 3.63) is 35.9 Å². The lowest BCUT2D eigenvalue weighted by Crippen LogP contribution is -1.99. The molecule has 120 valence electrons. The van der Waals surface area contributed by atoms with E-state index in [2.05, 4.69) is 44.2 Å². The van der Waals surface area contributed by atoms with Crippen LogP contribution in [0.3, 0.4) is 0 Å². The van der Waals surface area contributed by atoms with E-state index in [1.54, 1.807) is 5.56 Å². The first-order valence-corrected chi connectivity index (χ1v) is 9.43. The van der Waals surface area contributed by atoms with E-state index in [1.807, 2.05) is 0 Å². The van der Waals surface area contributed by atoms with Gasteiger partial charge in [0.25, 0.3) is 0 Å². The van der Waals surface area contributed by atoms with Crippen LogP contribution in [0.4, 0.5) is 0 Å². The Morgan fingerprint density at radius 1 is 0.619 bits per heavy atom. The topological polar surface area (TPSA) is 0 Å². The lowest BCUT2D eigenvalue weighted by atomic mass is 9.88. The molecule has 0 aliphatic carbocycles. The van der Waals surface area contributed by atoms with E-state index in [4.69, 9.17) is 0 Å². The molecular formula is C21H36. The van der Waals surface area contributed by atoms with Gasteiger partial charge in [-0.25, -0.2) is 0 Å². The molecule has 1 aromatic rings. The zero-order valence-electron chi connectivity index (χ0n) is 14.4. The van der Waals surface area contributed by atoms with Gasteiger partial charge in [0.15, 0.2) is 0 Å². The summed E-state index contributed by atoms with van der Waals surface area (Å²) in [7, 11) is 0. The first-order chi connectivity index (χ1) is 10.4. The molecular weight excluding hydrogens is 252 g/mol. The molecule has 0 saturated carbocycles. The molecule has 0 saturated heterocycles. The van der Waals surface area contributed by atoms with Crippen LogP contribution in [0.1, 0.15) is 102 Å². The molecule has 0 aliphatic heterocycles. The fourth-order valence-electron chi connectivity index (χ4n) is 3.19. The minimum absolute atomic E-state index is 0.799. The van der Waals surface area contributed by atoms with Crippen LogP contribution < -0.4 is 0 Å². The lowest BCUT2D eigenvalue weighted by Gasteiger charge is -2.17. The highest BCUT2D eigenvalue weighted by molar-refractivity contribution is 5.19. The minimum atomic E-state index is 0.799. The normalized spacial score (nSPS) is 12.5. The predicted octanol–water partition coefficient (Wildman–Crippen LogP) is 7.49. The predicted molar refractivity (Wildman–Crippen MR) is 95.9 cm³/mol. The van der Waals surface area contributed by atoms with Gasteiger partial charge < -0.3 is 0 Å². The summed E-state index contributed by atoms with van der Waals surface area (Å²) < 4.78 is 0. The van der Waals surface area contributed by atoms with Gasteiger partial charge in [0.05, 0.1) is 0 Å². The van der Waals surface area contributed by atoms with E-state index in [1.165, 1.54) is 77.0 Å². The van der Waals surface area contributed by atoms with E-state index >= 15 is 0 Å². The van der Waals surface area contributed by atoms with Crippen molar-refractivity contribution in [2.24, 2.45) is 0 Å². The summed E-state index contributed by atoms with van der Waals surface area (Å²) in [4.78, 5) is 0. The highest BCUT2D eigenvalue weighted by Gasteiger charge is 2.10. The Morgan fingerprint density at radius 3 is 1.71 bits per heavy atom. The van der Waals surface area contributed by atoms with Gasteiger partial charge in [0.2, 0.25) is 0 Å². The largest absolute Gasteiger partial charge is 0.0654 e. The third-order valence-corrected chi connectivity index (χ3v) is 4.58. The van der Waals surface area contributed by atoms with Crippen LogP contribution in [0, 0.1) is 0 Å². The molecule has 1 unspecified atom stereocenters. The fourth-order valence-corrected chi connectivity index (χ4v) is 3.19. The molecule has 0 nitrogen and oxygen atoms in total. The Hall–Kier alpha value is -0.780. The average Bonchev–Trinajstić information content (AvgIpc) is 2.53. The second kappa shape index (κ2) is 12.9. The Kier molecular flexibility index (Phi) is 11.2. The maximum absolute atomic E-state index is 2.33. The Morgan fingerprint density at radius 2 is 1.10 bits per heavy atom. The van der Waals surface area contributed by atoms with Gasteiger partial charge in [0.1, 0.15) is 0 Å². The van der Waals surface area contributed by atoms with Crippen molar-refractivity contribution in [1.29, 1.82) is 0 Å². The van der Waals surface area contributed by atoms with Crippen LogP contribution in [0.15, 0.2) is 30.3 Å². The summed E-state index contributed by atoms with van der Waals surface area (Å²) in [6.07, 6.45) is 16.8. The van der Waals surface area contributed by atoms with E-state index in [9.17, 15) is 0 Å². The molecule has 1 rings (SSSR count). The second-order valence-electron chi connectivity index (χ2n) is 6.51. The van der Waals surface area contributed by atoms with Crippen LogP contribution in [0.2, 0.25) is 0 Å². The monoisotopic (exact) mass is 288 g/mol. The summed E-state index contributed by atoms with van der Waals surface area (Å²) >= 11 is 0. The van der Waals surface area contributed by atoms with Crippen LogP contribution in [-0.4, -0.2) is 0 Å². The molecule has 0 aliphatic rings. The van der Waals surface area contributed by atoms with Crippen molar-refractivity contribution in [2.45, 2.75) is 96.8 Å². The second-order valence-corrected chi connectivity index (χ2v) is 6.51. The van der Waals surface area contributed by atoms with Crippen molar-refractivity contribution in [1.82, 2.24) is 0 Å². The molecule has 0 fully saturated rings. The summed E-state index contributed by atoms with van der Waals surface area (Å²) in [5, 5.41) is 0. The SMILES string of the molecule is CCCCCCCCCC(CCCCC)c1ccccc1. The number of hydrogen-bond donors (Lipinski definition) is 0. The van der Waals surface area contributed by atoms with Crippen molar-refractivity contribution < 1.29 is 0 Å². The third kappa shape index (κ3) is 8.96. The van der Waals surface area contributed by atoms with Crippen molar-refractivity contribution in [2.75, 3.05) is 0 Å². The molecule has 0 aromatic heterocycles. The van der Waals surface area contributed by atoms with Gasteiger partial charge in [-0.1, -0.05) is 108 Å². The Labute approximate surface area is 133 Å². The maximum Gasteiger partial charge on any atom is -0.0162 e. The molecule has 0 N–H and O–H groups in total. The quantitative estimate of drug-likeness (QED) is 0.330. The Balaban J connectivity index is 2.26. The summed E-state index contributed by atoms with van der Waals surface area (Å²) in [5.41, 5.74) is 1.57. The van der Waals surface area contributed by atoms with Gasteiger partial charge >= 0.3 is 0 Å².